The van der Waals surface area contributed by atoms with Crippen molar-refractivity contribution in [3.63, 3.8) is 0 Å². The van der Waals surface area contributed by atoms with Gasteiger partial charge in [0.1, 0.15) is 6.10 Å². The van der Waals surface area contributed by atoms with Gasteiger partial charge in [0.15, 0.2) is 6.10 Å². The van der Waals surface area contributed by atoms with E-state index in [-0.39, 0.29) is 11.9 Å². The quantitative estimate of drug-likeness (QED) is 0.894. The van der Waals surface area contributed by atoms with Gasteiger partial charge in [-0.05, 0) is 62.1 Å². The fourth-order valence-electron chi connectivity index (χ4n) is 3.42. The molecule has 0 bridgehead atoms. The van der Waals surface area contributed by atoms with Crippen LogP contribution in [0.5, 0.6) is 0 Å². The number of rotatable bonds is 4. The second-order valence-electron chi connectivity index (χ2n) is 6.49. The zero-order valence-electron chi connectivity index (χ0n) is 13.4. The third kappa shape index (κ3) is 3.55. The van der Waals surface area contributed by atoms with Crippen molar-refractivity contribution in [3.8, 4) is 0 Å². The van der Waals surface area contributed by atoms with Crippen molar-refractivity contribution >= 4 is 11.9 Å². The minimum absolute atomic E-state index is 0.109. The number of nitrogens with one attached hydrogen (secondary N) is 1. The van der Waals surface area contributed by atoms with Crippen molar-refractivity contribution in [2.75, 3.05) is 0 Å². The molecule has 1 unspecified atom stereocenters. The normalized spacial score (nSPS) is 24.7. The lowest BCUT2D eigenvalue weighted by Gasteiger charge is -2.21. The molecule has 2 N–H and O–H groups in total. The summed E-state index contributed by atoms with van der Waals surface area (Å²) in [6.45, 7) is 1.95. The van der Waals surface area contributed by atoms with E-state index in [4.69, 9.17) is 9.84 Å². The van der Waals surface area contributed by atoms with Crippen LogP contribution in [0.3, 0.4) is 0 Å². The molecule has 0 saturated carbocycles. The van der Waals surface area contributed by atoms with Crippen molar-refractivity contribution in [3.05, 3.63) is 34.9 Å². The summed E-state index contributed by atoms with van der Waals surface area (Å²) in [5, 5.41) is 11.9. The lowest BCUT2D eigenvalue weighted by atomic mass is 9.89. The van der Waals surface area contributed by atoms with Gasteiger partial charge in [-0.25, -0.2) is 4.79 Å². The number of benzene rings is 1. The summed E-state index contributed by atoms with van der Waals surface area (Å²) in [6.07, 6.45) is 4.06. The molecule has 1 aromatic carbocycles. The first kappa shape index (κ1) is 16.0. The minimum atomic E-state index is -0.997. The van der Waals surface area contributed by atoms with Gasteiger partial charge in [-0.3, -0.25) is 4.79 Å². The summed E-state index contributed by atoms with van der Waals surface area (Å²) >= 11 is 0. The van der Waals surface area contributed by atoms with E-state index in [1.165, 1.54) is 24.0 Å². The van der Waals surface area contributed by atoms with E-state index in [1.54, 1.807) is 0 Å². The Morgan fingerprint density at radius 3 is 2.57 bits per heavy atom. The highest BCUT2D eigenvalue weighted by molar-refractivity contribution is 5.83. The van der Waals surface area contributed by atoms with Gasteiger partial charge in [-0.1, -0.05) is 18.2 Å². The zero-order valence-corrected chi connectivity index (χ0v) is 13.4. The average molecular weight is 317 g/mol. The molecule has 1 heterocycles. The maximum Gasteiger partial charge on any atom is 0.332 e. The summed E-state index contributed by atoms with van der Waals surface area (Å²) in [7, 11) is 0. The molecular formula is C18H23NO4. The number of carboxylic acid groups (broad SMARTS) is 1. The molecule has 0 spiro atoms. The van der Waals surface area contributed by atoms with Crippen molar-refractivity contribution in [2.24, 2.45) is 0 Å². The van der Waals surface area contributed by atoms with Crippen molar-refractivity contribution in [1.82, 2.24) is 5.32 Å². The van der Waals surface area contributed by atoms with Crippen LogP contribution in [0.4, 0.5) is 0 Å². The van der Waals surface area contributed by atoms with Crippen LogP contribution in [0.2, 0.25) is 0 Å². The van der Waals surface area contributed by atoms with Crippen LogP contribution in [-0.2, 0) is 27.2 Å². The smallest absolute Gasteiger partial charge is 0.332 e. The number of aryl methyl sites for hydroxylation is 2. The molecule has 0 radical (unpaired) electrons. The Morgan fingerprint density at radius 1 is 1.17 bits per heavy atom. The van der Waals surface area contributed by atoms with Gasteiger partial charge in [0, 0.05) is 0 Å². The molecule has 2 aliphatic rings. The summed E-state index contributed by atoms with van der Waals surface area (Å²) in [6, 6.07) is 6.32. The molecule has 1 aliphatic heterocycles. The van der Waals surface area contributed by atoms with E-state index in [1.807, 2.05) is 6.92 Å². The molecule has 5 nitrogen and oxygen atoms in total. The number of hydrogen-bond donors (Lipinski definition) is 2. The first-order valence-electron chi connectivity index (χ1n) is 8.35. The lowest BCUT2D eigenvalue weighted by Crippen LogP contribution is -2.37. The largest absolute Gasteiger partial charge is 0.479 e. The van der Waals surface area contributed by atoms with E-state index in [9.17, 15) is 9.59 Å². The van der Waals surface area contributed by atoms with Gasteiger partial charge in [0.2, 0.25) is 5.91 Å². The predicted octanol–water partition coefficient (Wildman–Crippen LogP) is 2.37. The topological polar surface area (TPSA) is 75.6 Å². The molecule has 124 valence electrons. The fraction of sp³-hybridized carbons (Fsp3) is 0.556. The van der Waals surface area contributed by atoms with Crippen LogP contribution in [0, 0.1) is 0 Å². The Labute approximate surface area is 136 Å². The molecule has 23 heavy (non-hydrogen) atoms. The van der Waals surface area contributed by atoms with Crippen LogP contribution in [-0.4, -0.2) is 29.2 Å². The Kier molecular flexibility index (Phi) is 4.66. The fourth-order valence-corrected chi connectivity index (χ4v) is 3.42. The van der Waals surface area contributed by atoms with E-state index in [0.29, 0.717) is 12.8 Å². The maximum atomic E-state index is 12.3. The molecule has 3 rings (SSSR count). The number of carboxylic acids is 1. The maximum absolute atomic E-state index is 12.3. The summed E-state index contributed by atoms with van der Waals surface area (Å²) in [4.78, 5) is 23.2. The van der Waals surface area contributed by atoms with Gasteiger partial charge >= 0.3 is 5.97 Å². The Morgan fingerprint density at radius 2 is 1.87 bits per heavy atom. The third-order valence-corrected chi connectivity index (χ3v) is 4.82. The van der Waals surface area contributed by atoms with Gasteiger partial charge in [0.25, 0.3) is 0 Å². The number of ether oxygens (including phenoxy) is 1. The number of hydrogen-bond acceptors (Lipinski definition) is 3. The summed E-state index contributed by atoms with van der Waals surface area (Å²) in [5.74, 6) is -1.22. The zero-order chi connectivity index (χ0) is 16.4. The Balaban J connectivity index is 1.61. The molecule has 1 fully saturated rings. The Bertz CT molecular complexity index is 613. The van der Waals surface area contributed by atoms with Crippen LogP contribution in [0.25, 0.3) is 0 Å². The molecular weight excluding hydrogens is 294 g/mol. The first-order chi connectivity index (χ1) is 11.0. The van der Waals surface area contributed by atoms with Gasteiger partial charge in [0.05, 0.1) is 6.04 Å². The highest BCUT2D eigenvalue weighted by Gasteiger charge is 2.35. The molecule has 1 aromatic rings. The van der Waals surface area contributed by atoms with Crippen molar-refractivity contribution in [2.45, 2.75) is 63.7 Å². The Hall–Kier alpha value is -1.88. The number of fused-ring (bicyclic) bond motifs is 1. The molecule has 0 aromatic heterocycles. The molecule has 1 saturated heterocycles. The van der Waals surface area contributed by atoms with Crippen molar-refractivity contribution in [1.29, 1.82) is 0 Å². The van der Waals surface area contributed by atoms with Gasteiger partial charge in [-0.2, -0.15) is 0 Å². The SMILES string of the molecule is CC(NC(=O)[C@@H]1CC[C@H](C(=O)O)O1)c1ccc2c(c1)CCCC2. The van der Waals surface area contributed by atoms with Gasteiger partial charge in [-0.15, -0.1) is 0 Å². The van der Waals surface area contributed by atoms with E-state index in [2.05, 4.69) is 23.5 Å². The number of carbonyl (C=O) groups excluding carboxylic acids is 1. The van der Waals surface area contributed by atoms with Crippen LogP contribution in [0.15, 0.2) is 18.2 Å². The lowest BCUT2D eigenvalue weighted by molar-refractivity contribution is -0.151. The molecule has 1 aliphatic carbocycles. The number of amides is 1. The first-order valence-corrected chi connectivity index (χ1v) is 8.35. The number of carbonyl (C=O) groups is 2. The monoisotopic (exact) mass is 317 g/mol. The van der Waals surface area contributed by atoms with Crippen LogP contribution < -0.4 is 5.32 Å². The standard InChI is InChI=1S/C18H23NO4/c1-11(13-7-6-12-4-2-3-5-14(12)10-13)19-17(20)15-8-9-16(23-15)18(21)22/h6-7,10-11,15-16H,2-5,8-9H2,1H3,(H,19,20)(H,21,22)/t11?,15-,16+/m0/s1. The van der Waals surface area contributed by atoms with Crippen molar-refractivity contribution < 1.29 is 19.4 Å². The predicted molar refractivity (Wildman–Crippen MR) is 85.2 cm³/mol. The van der Waals surface area contributed by atoms with E-state index >= 15 is 0 Å². The highest BCUT2D eigenvalue weighted by atomic mass is 16.5. The van der Waals surface area contributed by atoms with E-state index < -0.39 is 18.2 Å². The second kappa shape index (κ2) is 6.71. The second-order valence-corrected chi connectivity index (χ2v) is 6.49. The number of aliphatic carboxylic acids is 1. The average Bonchev–Trinajstić information content (AvgIpc) is 3.04. The van der Waals surface area contributed by atoms with Gasteiger partial charge < -0.3 is 15.2 Å². The highest BCUT2D eigenvalue weighted by Crippen LogP contribution is 2.25. The summed E-state index contributed by atoms with van der Waals surface area (Å²) in [5.41, 5.74) is 3.90. The van der Waals surface area contributed by atoms with Crippen LogP contribution >= 0.6 is 0 Å². The molecule has 1 amide bonds. The minimum Gasteiger partial charge on any atom is -0.479 e. The van der Waals surface area contributed by atoms with Crippen LogP contribution in [0.1, 0.15) is 55.3 Å². The third-order valence-electron chi connectivity index (χ3n) is 4.82. The molecule has 5 heteroatoms. The molecule has 3 atom stereocenters. The van der Waals surface area contributed by atoms with E-state index in [0.717, 1.165) is 18.4 Å². The summed E-state index contributed by atoms with van der Waals surface area (Å²) < 4.78 is 5.30.